The minimum Gasteiger partial charge on any atom is -0.366 e. The molecule has 7 nitrogen and oxygen atoms in total. The summed E-state index contributed by atoms with van der Waals surface area (Å²) >= 11 is 0. The third-order valence-electron chi connectivity index (χ3n) is 4.53. The highest BCUT2D eigenvalue weighted by atomic mass is 32.2. The van der Waals surface area contributed by atoms with E-state index in [0.29, 0.717) is 17.2 Å². The number of primary amides is 1. The fraction of sp³-hybridized carbons (Fsp3) is 0.0909. The topological polar surface area (TPSA) is 118 Å². The van der Waals surface area contributed by atoms with Gasteiger partial charge in [-0.3, -0.25) is 14.3 Å². The van der Waals surface area contributed by atoms with Gasteiger partial charge in [0.1, 0.15) is 0 Å². The van der Waals surface area contributed by atoms with E-state index < -0.39 is 33.6 Å². The molecule has 0 aliphatic carbocycles. The van der Waals surface area contributed by atoms with Crippen molar-refractivity contribution < 1.29 is 31.2 Å². The molecule has 3 aromatic rings. The van der Waals surface area contributed by atoms with Gasteiger partial charge < -0.3 is 11.1 Å². The molecule has 4 N–H and O–H groups in total. The first kappa shape index (κ1) is 23.8. The third-order valence-corrected chi connectivity index (χ3v) is 5.93. The standard InChI is InChI=1S/C22H18F3N3O4S/c23-22(24,25)17-5-2-6-18(12-17)28-33(31,32)19-9-7-15(8-10-19)21(30)27-13-14-3-1-4-16(11-14)20(26)29/h1-12,28H,13H2,(H2,26,29)(H,27,30). The van der Waals surface area contributed by atoms with E-state index in [4.69, 9.17) is 5.73 Å². The van der Waals surface area contributed by atoms with Crippen LogP contribution in [0.15, 0.2) is 77.7 Å². The lowest BCUT2D eigenvalue weighted by Crippen LogP contribution is -2.23. The number of alkyl halides is 3. The van der Waals surface area contributed by atoms with Crippen molar-refractivity contribution in [1.82, 2.24) is 5.32 Å². The number of carbonyl (C=O) groups excluding carboxylic acids is 2. The number of sulfonamides is 1. The largest absolute Gasteiger partial charge is 0.416 e. The van der Waals surface area contributed by atoms with Crippen LogP contribution in [-0.2, 0) is 22.7 Å². The van der Waals surface area contributed by atoms with Gasteiger partial charge in [-0.2, -0.15) is 13.2 Å². The molecule has 2 amide bonds. The molecule has 172 valence electrons. The van der Waals surface area contributed by atoms with Gasteiger partial charge in [0.05, 0.1) is 10.5 Å². The molecule has 0 fully saturated rings. The summed E-state index contributed by atoms with van der Waals surface area (Å²) in [5.74, 6) is -1.09. The number of benzene rings is 3. The summed E-state index contributed by atoms with van der Waals surface area (Å²) in [6.07, 6.45) is -4.61. The Hall–Kier alpha value is -3.86. The average molecular weight is 477 g/mol. The number of amides is 2. The summed E-state index contributed by atoms with van der Waals surface area (Å²) in [6, 6.07) is 15.1. The van der Waals surface area contributed by atoms with Gasteiger partial charge in [0.15, 0.2) is 0 Å². The summed E-state index contributed by atoms with van der Waals surface area (Å²) in [5, 5.41) is 2.64. The van der Waals surface area contributed by atoms with Crippen molar-refractivity contribution in [2.75, 3.05) is 4.72 Å². The smallest absolute Gasteiger partial charge is 0.366 e. The zero-order valence-electron chi connectivity index (χ0n) is 16.9. The second kappa shape index (κ2) is 9.33. The Balaban J connectivity index is 1.68. The van der Waals surface area contributed by atoms with Crippen LogP contribution in [0.3, 0.4) is 0 Å². The number of anilines is 1. The Kier molecular flexibility index (Phi) is 6.73. The second-order valence-electron chi connectivity index (χ2n) is 6.96. The van der Waals surface area contributed by atoms with Crippen LogP contribution in [-0.4, -0.2) is 20.2 Å². The number of halogens is 3. The maximum Gasteiger partial charge on any atom is 0.416 e. The zero-order chi connectivity index (χ0) is 24.2. The van der Waals surface area contributed by atoms with Crippen LogP contribution in [0.25, 0.3) is 0 Å². The van der Waals surface area contributed by atoms with Gasteiger partial charge in [-0.25, -0.2) is 8.42 Å². The average Bonchev–Trinajstić information content (AvgIpc) is 2.77. The van der Waals surface area contributed by atoms with E-state index in [1.165, 1.54) is 36.4 Å². The first-order valence-electron chi connectivity index (χ1n) is 9.43. The van der Waals surface area contributed by atoms with Crippen molar-refractivity contribution in [3.8, 4) is 0 Å². The van der Waals surface area contributed by atoms with Gasteiger partial charge in [0.2, 0.25) is 5.91 Å². The first-order valence-corrected chi connectivity index (χ1v) is 10.9. The fourth-order valence-corrected chi connectivity index (χ4v) is 3.93. The Morgan fingerprint density at radius 1 is 0.879 bits per heavy atom. The molecule has 0 saturated heterocycles. The lowest BCUT2D eigenvalue weighted by atomic mass is 10.1. The van der Waals surface area contributed by atoms with E-state index in [1.807, 2.05) is 0 Å². The molecule has 0 aliphatic heterocycles. The van der Waals surface area contributed by atoms with Crippen molar-refractivity contribution >= 4 is 27.5 Å². The summed E-state index contributed by atoms with van der Waals surface area (Å²) in [5.41, 5.74) is 5.09. The van der Waals surface area contributed by atoms with Gasteiger partial charge in [-0.05, 0) is 60.2 Å². The van der Waals surface area contributed by atoms with Crippen LogP contribution in [0.1, 0.15) is 31.8 Å². The van der Waals surface area contributed by atoms with E-state index in [9.17, 15) is 31.2 Å². The summed E-state index contributed by atoms with van der Waals surface area (Å²) < 4.78 is 65.6. The number of nitrogens with one attached hydrogen (secondary N) is 2. The summed E-state index contributed by atoms with van der Waals surface area (Å²) in [7, 11) is -4.18. The summed E-state index contributed by atoms with van der Waals surface area (Å²) in [6.45, 7) is 0.108. The molecule has 0 saturated carbocycles. The van der Waals surface area contributed by atoms with Crippen molar-refractivity contribution in [1.29, 1.82) is 0 Å². The Bertz CT molecular complexity index is 1290. The van der Waals surface area contributed by atoms with Crippen LogP contribution in [0.2, 0.25) is 0 Å². The van der Waals surface area contributed by atoms with Crippen molar-refractivity contribution in [2.24, 2.45) is 5.73 Å². The molecular formula is C22H18F3N3O4S. The van der Waals surface area contributed by atoms with E-state index in [1.54, 1.807) is 18.2 Å². The molecule has 0 spiro atoms. The summed E-state index contributed by atoms with van der Waals surface area (Å²) in [4.78, 5) is 23.3. The number of carbonyl (C=O) groups is 2. The van der Waals surface area contributed by atoms with Gasteiger partial charge in [0.25, 0.3) is 15.9 Å². The molecule has 0 aliphatic rings. The Labute approximate surface area is 187 Å². The highest BCUT2D eigenvalue weighted by Crippen LogP contribution is 2.31. The Morgan fingerprint density at radius 3 is 2.18 bits per heavy atom. The van der Waals surface area contributed by atoms with Crippen LogP contribution in [0, 0.1) is 0 Å². The van der Waals surface area contributed by atoms with E-state index in [-0.39, 0.29) is 22.7 Å². The molecule has 0 unspecified atom stereocenters. The number of hydrogen-bond donors (Lipinski definition) is 3. The van der Waals surface area contributed by atoms with Crippen LogP contribution >= 0.6 is 0 Å². The van der Waals surface area contributed by atoms with Gasteiger partial charge in [-0.15, -0.1) is 0 Å². The number of rotatable bonds is 7. The molecule has 0 bridgehead atoms. The molecule has 3 aromatic carbocycles. The van der Waals surface area contributed by atoms with E-state index in [2.05, 4.69) is 10.0 Å². The van der Waals surface area contributed by atoms with Crippen LogP contribution in [0.4, 0.5) is 18.9 Å². The highest BCUT2D eigenvalue weighted by Gasteiger charge is 2.30. The molecule has 11 heteroatoms. The maximum atomic E-state index is 12.8. The quantitative estimate of drug-likeness (QED) is 0.482. The predicted octanol–water partition coefficient (Wildman–Crippen LogP) is 3.54. The second-order valence-corrected chi connectivity index (χ2v) is 8.64. The number of hydrogen-bond acceptors (Lipinski definition) is 4. The van der Waals surface area contributed by atoms with E-state index >= 15 is 0 Å². The molecule has 33 heavy (non-hydrogen) atoms. The zero-order valence-corrected chi connectivity index (χ0v) is 17.7. The van der Waals surface area contributed by atoms with Gasteiger partial charge >= 0.3 is 6.18 Å². The van der Waals surface area contributed by atoms with Crippen molar-refractivity contribution in [3.05, 3.63) is 95.1 Å². The lowest BCUT2D eigenvalue weighted by molar-refractivity contribution is -0.137. The predicted molar refractivity (Wildman–Crippen MR) is 115 cm³/mol. The Morgan fingerprint density at radius 2 is 1.55 bits per heavy atom. The maximum absolute atomic E-state index is 12.8. The lowest BCUT2D eigenvalue weighted by Gasteiger charge is -2.12. The minimum absolute atomic E-state index is 0.108. The van der Waals surface area contributed by atoms with Crippen LogP contribution in [0.5, 0.6) is 0 Å². The minimum atomic E-state index is -4.61. The number of nitrogens with two attached hydrogens (primary N) is 1. The molecule has 0 aromatic heterocycles. The molecule has 0 atom stereocenters. The highest BCUT2D eigenvalue weighted by molar-refractivity contribution is 7.92. The van der Waals surface area contributed by atoms with Crippen molar-refractivity contribution in [2.45, 2.75) is 17.6 Å². The third kappa shape index (κ3) is 6.10. The van der Waals surface area contributed by atoms with Crippen LogP contribution < -0.4 is 15.8 Å². The molecular weight excluding hydrogens is 459 g/mol. The fourth-order valence-electron chi connectivity index (χ4n) is 2.88. The normalized spacial score (nSPS) is 11.6. The van der Waals surface area contributed by atoms with E-state index in [0.717, 1.165) is 12.1 Å². The molecule has 0 radical (unpaired) electrons. The van der Waals surface area contributed by atoms with Gasteiger partial charge in [0, 0.05) is 23.4 Å². The first-order chi connectivity index (χ1) is 15.5. The molecule has 3 rings (SSSR count). The van der Waals surface area contributed by atoms with Gasteiger partial charge in [-0.1, -0.05) is 18.2 Å². The van der Waals surface area contributed by atoms with Crippen molar-refractivity contribution in [3.63, 3.8) is 0 Å². The monoisotopic (exact) mass is 477 g/mol. The SMILES string of the molecule is NC(=O)c1cccc(CNC(=O)c2ccc(S(=O)(=O)Nc3cccc(C(F)(F)F)c3)cc2)c1. The molecule has 0 heterocycles.